The molecule has 0 aliphatic heterocycles. The number of allylic oxidation sites excluding steroid dienone is 1. The number of nitrogens with zero attached hydrogens (tertiary/aromatic N) is 2. The lowest BCUT2D eigenvalue weighted by molar-refractivity contribution is -0.386. The Morgan fingerprint density at radius 2 is 1.86 bits per heavy atom. The Balaban J connectivity index is 2.60. The van der Waals surface area contributed by atoms with Gasteiger partial charge in [-0.25, -0.2) is 0 Å². The van der Waals surface area contributed by atoms with Gasteiger partial charge in [-0.05, 0) is 19.4 Å². The fraction of sp³-hybridized carbons (Fsp3) is 0.214. The molecule has 0 unspecified atom stereocenters. The van der Waals surface area contributed by atoms with Crippen LogP contribution >= 0.6 is 0 Å². The van der Waals surface area contributed by atoms with Gasteiger partial charge in [0.05, 0.1) is 10.5 Å². The molecule has 1 aromatic heterocycles. The van der Waals surface area contributed by atoms with Crippen molar-refractivity contribution in [2.45, 2.75) is 20.0 Å². The molecule has 0 N–H and O–H groups in total. The van der Waals surface area contributed by atoms with Gasteiger partial charge in [-0.3, -0.25) is 10.1 Å². The number of aryl methyl sites for hydroxylation is 2. The van der Waals surface area contributed by atoms with Crippen molar-refractivity contribution in [2.75, 3.05) is 0 Å². The molecular weight excluding hydrogens is 301 g/mol. The first kappa shape index (κ1) is 15.7. The number of nitro groups is 1. The van der Waals surface area contributed by atoms with Crippen LogP contribution in [0.5, 0.6) is 0 Å². The summed E-state index contributed by atoms with van der Waals surface area (Å²) in [6, 6.07) is 5.64. The standard InChI is InChI=1S/C14H11F3N2O3/c1-8-3-5-10(6-4-8)11(14(15,16)17)7-12-13(19(20)21)9(2)18-22-12/h3-7H,1-2H3/b11-7+. The molecule has 0 aliphatic rings. The Kier molecular flexibility index (Phi) is 4.03. The van der Waals surface area contributed by atoms with Crippen LogP contribution in [0.15, 0.2) is 28.8 Å². The summed E-state index contributed by atoms with van der Waals surface area (Å²) in [6.07, 6.45) is -4.09. The Morgan fingerprint density at radius 1 is 1.27 bits per heavy atom. The van der Waals surface area contributed by atoms with Crippen molar-refractivity contribution in [3.05, 3.63) is 57.0 Å². The number of halogens is 3. The minimum Gasteiger partial charge on any atom is -0.349 e. The predicted octanol–water partition coefficient (Wildman–Crippen LogP) is 4.30. The highest BCUT2D eigenvalue weighted by atomic mass is 19.4. The molecule has 22 heavy (non-hydrogen) atoms. The van der Waals surface area contributed by atoms with E-state index >= 15 is 0 Å². The van der Waals surface area contributed by atoms with Gasteiger partial charge >= 0.3 is 11.9 Å². The molecule has 0 aliphatic carbocycles. The lowest BCUT2D eigenvalue weighted by Gasteiger charge is -2.11. The maximum absolute atomic E-state index is 13.2. The first-order chi connectivity index (χ1) is 10.2. The van der Waals surface area contributed by atoms with Crippen LogP contribution in [0.25, 0.3) is 11.6 Å². The number of hydrogen-bond donors (Lipinski definition) is 0. The third-order valence-electron chi connectivity index (χ3n) is 2.98. The zero-order valence-electron chi connectivity index (χ0n) is 11.6. The highest BCUT2D eigenvalue weighted by Gasteiger charge is 2.36. The smallest absolute Gasteiger partial charge is 0.349 e. The highest BCUT2D eigenvalue weighted by Crippen LogP contribution is 2.37. The van der Waals surface area contributed by atoms with Crippen molar-refractivity contribution in [2.24, 2.45) is 0 Å². The summed E-state index contributed by atoms with van der Waals surface area (Å²) in [4.78, 5) is 10.1. The summed E-state index contributed by atoms with van der Waals surface area (Å²) in [5.74, 6) is -0.532. The molecule has 1 aromatic carbocycles. The summed E-state index contributed by atoms with van der Waals surface area (Å²) in [5, 5.41) is 14.3. The normalized spacial score (nSPS) is 12.5. The third kappa shape index (κ3) is 3.16. The minimum atomic E-state index is -4.69. The van der Waals surface area contributed by atoms with Crippen molar-refractivity contribution < 1.29 is 22.6 Å². The molecule has 0 amide bonds. The van der Waals surface area contributed by atoms with Gasteiger partial charge in [0.25, 0.3) is 0 Å². The van der Waals surface area contributed by atoms with E-state index in [-0.39, 0.29) is 11.3 Å². The number of aromatic nitrogens is 1. The topological polar surface area (TPSA) is 69.2 Å². The Hall–Kier alpha value is -2.64. The highest BCUT2D eigenvalue weighted by molar-refractivity contribution is 5.85. The van der Waals surface area contributed by atoms with Crippen molar-refractivity contribution in [1.82, 2.24) is 5.16 Å². The van der Waals surface area contributed by atoms with Crippen molar-refractivity contribution in [3.8, 4) is 0 Å². The van der Waals surface area contributed by atoms with Gasteiger partial charge in [-0.15, -0.1) is 0 Å². The molecule has 0 bridgehead atoms. The minimum absolute atomic E-state index is 0.0818. The molecule has 0 fully saturated rings. The monoisotopic (exact) mass is 312 g/mol. The van der Waals surface area contributed by atoms with Crippen molar-refractivity contribution in [1.29, 1.82) is 0 Å². The zero-order chi connectivity index (χ0) is 16.5. The number of benzene rings is 1. The van der Waals surface area contributed by atoms with Gasteiger partial charge in [0.15, 0.2) is 5.69 Å². The summed E-state index contributed by atoms with van der Waals surface area (Å²) in [7, 11) is 0. The van der Waals surface area contributed by atoms with E-state index in [9.17, 15) is 23.3 Å². The summed E-state index contributed by atoms with van der Waals surface area (Å²) < 4.78 is 44.4. The fourth-order valence-corrected chi connectivity index (χ4v) is 1.89. The van der Waals surface area contributed by atoms with E-state index in [0.29, 0.717) is 6.08 Å². The van der Waals surface area contributed by atoms with Crippen LogP contribution in [0.2, 0.25) is 0 Å². The van der Waals surface area contributed by atoms with E-state index in [1.165, 1.54) is 31.2 Å². The number of hydrogen-bond acceptors (Lipinski definition) is 4. The quantitative estimate of drug-likeness (QED) is 0.626. The van der Waals surface area contributed by atoms with Crippen molar-refractivity contribution >= 4 is 17.3 Å². The average molecular weight is 312 g/mol. The summed E-state index contributed by atoms with van der Waals surface area (Å²) in [6.45, 7) is 3.03. The third-order valence-corrected chi connectivity index (χ3v) is 2.98. The predicted molar refractivity (Wildman–Crippen MR) is 73.0 cm³/mol. The molecule has 2 rings (SSSR count). The van der Waals surface area contributed by atoms with Gasteiger partial charge in [-0.2, -0.15) is 13.2 Å². The van der Waals surface area contributed by atoms with E-state index in [1.54, 1.807) is 6.92 Å². The molecule has 0 saturated heterocycles. The molecule has 8 heteroatoms. The van der Waals surface area contributed by atoms with Crippen LogP contribution in [-0.2, 0) is 0 Å². The lowest BCUT2D eigenvalue weighted by atomic mass is 10.0. The fourth-order valence-electron chi connectivity index (χ4n) is 1.89. The average Bonchev–Trinajstić information content (AvgIpc) is 2.77. The van der Waals surface area contributed by atoms with Crippen LogP contribution in [-0.4, -0.2) is 16.3 Å². The second-order valence-electron chi connectivity index (χ2n) is 4.66. The van der Waals surface area contributed by atoms with E-state index in [4.69, 9.17) is 0 Å². The molecule has 1 heterocycles. The molecule has 0 radical (unpaired) electrons. The van der Waals surface area contributed by atoms with E-state index in [1.807, 2.05) is 0 Å². The van der Waals surface area contributed by atoms with Crippen LogP contribution in [0.4, 0.5) is 18.9 Å². The van der Waals surface area contributed by atoms with Gasteiger partial charge in [0.2, 0.25) is 5.76 Å². The van der Waals surface area contributed by atoms with Crippen molar-refractivity contribution in [3.63, 3.8) is 0 Å². The molecule has 0 spiro atoms. The van der Waals surface area contributed by atoms with Crippen LogP contribution < -0.4 is 0 Å². The van der Waals surface area contributed by atoms with Crippen LogP contribution in [0, 0.1) is 24.0 Å². The Labute approximate surface area is 123 Å². The summed E-state index contributed by atoms with van der Waals surface area (Å²) in [5.41, 5.74) is -1.00. The molecule has 5 nitrogen and oxygen atoms in total. The maximum atomic E-state index is 13.2. The maximum Gasteiger partial charge on any atom is 0.417 e. The molecule has 2 aromatic rings. The van der Waals surface area contributed by atoms with Gasteiger partial charge in [0, 0.05) is 6.08 Å². The SMILES string of the molecule is Cc1ccc(/C(=C\c2onc(C)c2[N+](=O)[O-])C(F)(F)F)cc1. The number of rotatable bonds is 3. The second-order valence-corrected chi connectivity index (χ2v) is 4.66. The van der Waals surface area contributed by atoms with Gasteiger partial charge in [0.1, 0.15) is 0 Å². The van der Waals surface area contributed by atoms with E-state index < -0.39 is 28.1 Å². The van der Waals surface area contributed by atoms with Gasteiger partial charge in [-0.1, -0.05) is 35.0 Å². The molecule has 0 atom stereocenters. The lowest BCUT2D eigenvalue weighted by Crippen LogP contribution is -2.10. The molecule has 116 valence electrons. The Bertz CT molecular complexity index is 731. The number of alkyl halides is 3. The Morgan fingerprint density at radius 3 is 2.36 bits per heavy atom. The first-order valence-electron chi connectivity index (χ1n) is 6.16. The van der Waals surface area contributed by atoms with Crippen LogP contribution in [0.3, 0.4) is 0 Å². The first-order valence-corrected chi connectivity index (χ1v) is 6.16. The second kappa shape index (κ2) is 5.63. The summed E-state index contributed by atoms with van der Waals surface area (Å²) >= 11 is 0. The van der Waals surface area contributed by atoms with Crippen LogP contribution in [0.1, 0.15) is 22.6 Å². The van der Waals surface area contributed by atoms with E-state index in [2.05, 4.69) is 9.68 Å². The van der Waals surface area contributed by atoms with E-state index in [0.717, 1.165) is 5.56 Å². The molecule has 0 saturated carbocycles. The zero-order valence-corrected chi connectivity index (χ0v) is 11.6. The largest absolute Gasteiger partial charge is 0.417 e. The molecular formula is C14H11F3N2O3. The van der Waals surface area contributed by atoms with Gasteiger partial charge < -0.3 is 4.52 Å².